The van der Waals surface area contributed by atoms with Crippen molar-refractivity contribution in [3.05, 3.63) is 83.6 Å². The van der Waals surface area contributed by atoms with E-state index in [4.69, 9.17) is 0 Å². The molecule has 0 radical (unpaired) electrons. The monoisotopic (exact) mass is 413 g/mol. The number of halogens is 12. The fourth-order valence-corrected chi connectivity index (χ4v) is 1.71. The van der Waals surface area contributed by atoms with E-state index in [0.29, 0.717) is 0 Å². The van der Waals surface area contributed by atoms with E-state index in [1.54, 1.807) is 0 Å². The van der Waals surface area contributed by atoms with Gasteiger partial charge in [0.1, 0.15) is 0 Å². The molecule has 150 valence electrons. The molecular formula is C14H6BF12-. The van der Waals surface area contributed by atoms with Crippen molar-refractivity contribution in [3.8, 4) is 0 Å². The van der Waals surface area contributed by atoms with Crippen molar-refractivity contribution >= 4 is 6.15 Å². The molecule has 13 heteroatoms. The molecule has 0 nitrogen and oxygen atoms in total. The van der Waals surface area contributed by atoms with Crippen LogP contribution in [0.1, 0.15) is 0 Å². The van der Waals surface area contributed by atoms with Gasteiger partial charge in [-0.1, -0.05) is 36.4 Å². The Bertz CT molecular complexity index is 621. The van der Waals surface area contributed by atoms with E-state index in [0.717, 1.165) is 0 Å². The third-order valence-corrected chi connectivity index (χ3v) is 2.91. The molecule has 0 aliphatic heterocycles. The molecule has 0 fully saturated rings. The summed E-state index contributed by atoms with van der Waals surface area (Å²) < 4.78 is 148. The topological polar surface area (TPSA) is 0 Å². The average Bonchev–Trinajstić information content (AvgIpc) is 2.63. The van der Waals surface area contributed by atoms with Crippen molar-refractivity contribution in [2.24, 2.45) is 0 Å². The van der Waals surface area contributed by atoms with Gasteiger partial charge in [-0.15, -0.1) is 0 Å². The van der Waals surface area contributed by atoms with Crippen LogP contribution in [0, 0.1) is 0 Å². The fraction of sp³-hybridized carbons (Fsp3) is 0. The SMILES string of the molecule is FC(F)=C(F)[B-](C(F)=C(F)F)(C(F)=C(F)F)C(F)=C(F)F.c1ccccc1. The zero-order valence-electron chi connectivity index (χ0n) is 12.6. The summed E-state index contributed by atoms with van der Waals surface area (Å²) in [6, 6.07) is 12.0. The molecule has 0 heterocycles. The van der Waals surface area contributed by atoms with Gasteiger partial charge in [0.2, 0.25) is 0 Å². The van der Waals surface area contributed by atoms with Crippen LogP contribution in [0.3, 0.4) is 0 Å². The van der Waals surface area contributed by atoms with Crippen LogP contribution in [0.25, 0.3) is 0 Å². The van der Waals surface area contributed by atoms with E-state index in [-0.39, 0.29) is 0 Å². The standard InChI is InChI=1S/C8BF12.C6H6/c10-1(5(14)15)9(2(11)6(16)17,3(12)7(18)19)4(13)8(20)21;1-2-4-6-5-3-1/h;1-6H/q-1;. The largest absolute Gasteiger partial charge is 0.263 e. The van der Waals surface area contributed by atoms with E-state index in [1.165, 1.54) is 0 Å². The maximum Gasteiger partial charge on any atom is 0.263 e. The summed E-state index contributed by atoms with van der Waals surface area (Å²) in [4.78, 5) is 0. The maximum atomic E-state index is 13.0. The number of hydrogen-bond donors (Lipinski definition) is 0. The van der Waals surface area contributed by atoms with Crippen molar-refractivity contribution in [3.63, 3.8) is 0 Å². The molecule has 0 amide bonds. The van der Waals surface area contributed by atoms with Crippen molar-refractivity contribution in [1.29, 1.82) is 0 Å². The molecule has 0 aliphatic carbocycles. The number of hydrogen-bond acceptors (Lipinski definition) is 0. The molecule has 27 heavy (non-hydrogen) atoms. The summed E-state index contributed by atoms with van der Waals surface area (Å²) in [7, 11) is 0. The molecule has 1 aromatic rings. The summed E-state index contributed by atoms with van der Waals surface area (Å²) in [6.07, 6.45) is -22.4. The third-order valence-electron chi connectivity index (χ3n) is 2.91. The van der Waals surface area contributed by atoms with Crippen molar-refractivity contribution in [2.45, 2.75) is 0 Å². The summed E-state index contributed by atoms with van der Waals surface area (Å²) in [5, 5.41) is 0. The first-order chi connectivity index (χ1) is 12.4. The van der Waals surface area contributed by atoms with Crippen molar-refractivity contribution < 1.29 is 52.7 Å². The molecule has 0 N–H and O–H groups in total. The highest BCUT2D eigenvalue weighted by atomic mass is 19.3. The number of rotatable bonds is 4. The van der Waals surface area contributed by atoms with E-state index in [1.807, 2.05) is 36.4 Å². The smallest absolute Gasteiger partial charge is 0.251 e. The van der Waals surface area contributed by atoms with Crippen molar-refractivity contribution in [2.75, 3.05) is 0 Å². The Balaban J connectivity index is 0.000000941. The van der Waals surface area contributed by atoms with Gasteiger partial charge < -0.3 is 0 Å². The van der Waals surface area contributed by atoms with Crippen LogP contribution in [0.2, 0.25) is 0 Å². The first-order valence-corrected chi connectivity index (χ1v) is 6.42. The van der Waals surface area contributed by atoms with Gasteiger partial charge in [0.25, 0.3) is 30.5 Å². The Kier molecular flexibility index (Phi) is 9.52. The van der Waals surface area contributed by atoms with E-state index in [2.05, 4.69) is 0 Å². The molecule has 0 spiro atoms. The van der Waals surface area contributed by atoms with Gasteiger partial charge in [0.05, 0.1) is 0 Å². The van der Waals surface area contributed by atoms with Crippen LogP contribution in [-0.4, -0.2) is 6.15 Å². The van der Waals surface area contributed by atoms with Gasteiger partial charge in [0.15, 0.2) is 0 Å². The Morgan fingerprint density at radius 3 is 0.593 bits per heavy atom. The minimum atomic E-state index is -6.57. The van der Waals surface area contributed by atoms with Gasteiger partial charge in [-0.05, 0) is 0 Å². The van der Waals surface area contributed by atoms with E-state index < -0.39 is 53.4 Å². The first-order valence-electron chi connectivity index (χ1n) is 6.42. The van der Waals surface area contributed by atoms with Crippen LogP contribution in [0.15, 0.2) is 83.6 Å². The van der Waals surface area contributed by atoms with E-state index >= 15 is 0 Å². The molecule has 0 aliphatic rings. The predicted molar refractivity (Wildman–Crippen MR) is 73.6 cm³/mol. The quantitative estimate of drug-likeness (QED) is 0.353. The second-order valence-electron chi connectivity index (χ2n) is 4.45. The summed E-state index contributed by atoms with van der Waals surface area (Å²) in [6.45, 7) is 0. The van der Waals surface area contributed by atoms with Crippen LogP contribution < -0.4 is 0 Å². The Hall–Kier alpha value is -2.60. The molecular weight excluding hydrogens is 407 g/mol. The maximum absolute atomic E-state index is 13.0. The third kappa shape index (κ3) is 5.69. The highest BCUT2D eigenvalue weighted by molar-refractivity contribution is 7.02. The second-order valence-corrected chi connectivity index (χ2v) is 4.45. The lowest BCUT2D eigenvalue weighted by Gasteiger charge is -2.32. The molecule has 0 aromatic heterocycles. The molecule has 0 bridgehead atoms. The minimum absolute atomic E-state index is 2.00. The predicted octanol–water partition coefficient (Wildman–Crippen LogP) is 7.59. The fourth-order valence-electron chi connectivity index (χ4n) is 1.71. The minimum Gasteiger partial charge on any atom is -0.251 e. The Labute approximate surface area is 143 Å². The van der Waals surface area contributed by atoms with Gasteiger partial charge >= 0.3 is 0 Å². The van der Waals surface area contributed by atoms with Crippen LogP contribution in [0.4, 0.5) is 52.7 Å². The molecule has 0 unspecified atom stereocenters. The zero-order valence-corrected chi connectivity index (χ0v) is 12.6. The molecule has 0 saturated heterocycles. The van der Waals surface area contributed by atoms with Crippen molar-refractivity contribution in [1.82, 2.24) is 0 Å². The molecule has 1 aromatic carbocycles. The molecule has 0 saturated carbocycles. The first kappa shape index (κ1) is 24.4. The van der Waals surface area contributed by atoms with Crippen LogP contribution >= 0.6 is 0 Å². The lowest BCUT2D eigenvalue weighted by molar-refractivity contribution is 0.364. The van der Waals surface area contributed by atoms with E-state index in [9.17, 15) is 52.7 Å². The van der Waals surface area contributed by atoms with Gasteiger partial charge in [-0.25, -0.2) is 0 Å². The molecule has 1 rings (SSSR count). The van der Waals surface area contributed by atoms with Crippen LogP contribution in [0.5, 0.6) is 0 Å². The van der Waals surface area contributed by atoms with Crippen LogP contribution in [-0.2, 0) is 0 Å². The van der Waals surface area contributed by atoms with Gasteiger partial charge in [0, 0.05) is 22.9 Å². The second kappa shape index (κ2) is 10.5. The van der Waals surface area contributed by atoms with Gasteiger partial charge in [-0.2, -0.15) is 35.1 Å². The Morgan fingerprint density at radius 2 is 0.481 bits per heavy atom. The highest BCUT2D eigenvalue weighted by Gasteiger charge is 2.51. The summed E-state index contributed by atoms with van der Waals surface area (Å²) in [5.74, 6) is 0. The average molecular weight is 413 g/mol. The van der Waals surface area contributed by atoms with Gasteiger partial charge in [-0.3, -0.25) is 17.6 Å². The lowest BCUT2D eigenvalue weighted by Crippen LogP contribution is -2.42. The lowest BCUT2D eigenvalue weighted by atomic mass is 9.21. The number of benzene rings is 1. The zero-order chi connectivity index (χ0) is 21.4. The summed E-state index contributed by atoms with van der Waals surface area (Å²) in [5.41, 5.74) is -15.5. The molecule has 0 atom stereocenters. The highest BCUT2D eigenvalue weighted by Crippen LogP contribution is 2.46. The Morgan fingerprint density at radius 1 is 0.333 bits per heavy atom. The summed E-state index contributed by atoms with van der Waals surface area (Å²) >= 11 is 0. The normalized spacial score (nSPS) is 10.2.